The van der Waals surface area contributed by atoms with Gasteiger partial charge in [-0.2, -0.15) is 39.5 Å². The second-order valence-corrected chi connectivity index (χ2v) is 5.15. The lowest BCUT2D eigenvalue weighted by molar-refractivity contribution is -0.320. The van der Waals surface area contributed by atoms with Crippen LogP contribution in [0.2, 0.25) is 0 Å². The van der Waals surface area contributed by atoms with Gasteiger partial charge in [0.25, 0.3) is 0 Å². The van der Waals surface area contributed by atoms with Crippen LogP contribution in [0.1, 0.15) is 19.8 Å². The van der Waals surface area contributed by atoms with E-state index in [0.717, 1.165) is 6.92 Å². The van der Waals surface area contributed by atoms with E-state index < -0.39 is 47.7 Å². The third-order valence-corrected chi connectivity index (χ3v) is 2.93. The van der Waals surface area contributed by atoms with Crippen molar-refractivity contribution in [1.29, 1.82) is 0 Å². The summed E-state index contributed by atoms with van der Waals surface area (Å²) in [5.41, 5.74) is 0. The normalized spacial score (nSPS) is 14.5. The third kappa shape index (κ3) is 5.06. The molecule has 0 bridgehead atoms. The third-order valence-electron chi connectivity index (χ3n) is 2.12. The molecule has 0 aromatic heterocycles. The maximum atomic E-state index is 13.0. The van der Waals surface area contributed by atoms with Gasteiger partial charge in [-0.15, -0.1) is 0 Å². The minimum Gasteiger partial charge on any atom is -0.288 e. The van der Waals surface area contributed by atoms with Gasteiger partial charge < -0.3 is 0 Å². The summed E-state index contributed by atoms with van der Waals surface area (Å²) in [6.45, 7) is 0.957. The number of thioether (sulfide) groups is 1. The van der Waals surface area contributed by atoms with Crippen molar-refractivity contribution in [2.24, 2.45) is 0 Å². The summed E-state index contributed by atoms with van der Waals surface area (Å²) in [6, 6.07) is 0. The second-order valence-electron chi connectivity index (χ2n) is 3.88. The van der Waals surface area contributed by atoms with Gasteiger partial charge in [-0.25, -0.2) is 0 Å². The van der Waals surface area contributed by atoms with Gasteiger partial charge in [-0.1, -0.05) is 11.8 Å². The van der Waals surface area contributed by atoms with Gasteiger partial charge in [0.05, 0.1) is 6.42 Å². The number of hydrogen-bond acceptors (Lipinski definition) is 2. The molecule has 11 heteroatoms. The Labute approximate surface area is 111 Å². The summed E-state index contributed by atoms with van der Waals surface area (Å²) in [5.74, 6) is -17.4. The van der Waals surface area contributed by atoms with Gasteiger partial charge in [-0.05, 0) is 0 Å². The molecule has 0 aromatic rings. The van der Waals surface area contributed by atoms with Gasteiger partial charge in [0.2, 0.25) is 0 Å². The molecule has 0 aliphatic rings. The van der Waals surface area contributed by atoms with Crippen LogP contribution in [0.5, 0.6) is 0 Å². The standard InChI is InChI=1S/C9H9F9OS/c1-5(19)20-3-2-6(10,11)7(12,13)4-8(14,15)9(16,17)18/h2-4H2,1H3. The van der Waals surface area contributed by atoms with E-state index in [0.29, 0.717) is 0 Å². The molecular formula is C9H9F9OS. The Bertz CT molecular complexity index is 350. The Kier molecular flexibility index (Phi) is 5.84. The van der Waals surface area contributed by atoms with E-state index in [2.05, 4.69) is 0 Å². The monoisotopic (exact) mass is 336 g/mol. The highest BCUT2D eigenvalue weighted by molar-refractivity contribution is 8.13. The van der Waals surface area contributed by atoms with E-state index >= 15 is 0 Å². The second kappa shape index (κ2) is 6.02. The fraction of sp³-hybridized carbons (Fsp3) is 0.889. The zero-order valence-electron chi connectivity index (χ0n) is 9.84. The highest BCUT2D eigenvalue weighted by Gasteiger charge is 2.67. The largest absolute Gasteiger partial charge is 0.453 e. The first-order valence-electron chi connectivity index (χ1n) is 4.96. The maximum absolute atomic E-state index is 13.0. The molecule has 1 nitrogen and oxygen atoms in total. The number of alkyl halides is 9. The summed E-state index contributed by atoms with van der Waals surface area (Å²) in [6.07, 6.45) is -11.4. The van der Waals surface area contributed by atoms with Gasteiger partial charge >= 0.3 is 23.9 Å². The molecule has 0 aromatic carbocycles. The van der Waals surface area contributed by atoms with Crippen LogP contribution in [-0.2, 0) is 4.79 Å². The van der Waals surface area contributed by atoms with Crippen LogP contribution >= 0.6 is 11.8 Å². The molecule has 0 fully saturated rings. The van der Waals surface area contributed by atoms with Gasteiger partial charge in [0, 0.05) is 19.1 Å². The Hall–Kier alpha value is -0.610. The van der Waals surface area contributed by atoms with E-state index in [9.17, 15) is 44.3 Å². The predicted octanol–water partition coefficient (Wildman–Crippen LogP) is 4.51. The molecule has 20 heavy (non-hydrogen) atoms. The molecular weight excluding hydrogens is 327 g/mol. The van der Waals surface area contributed by atoms with E-state index in [1.165, 1.54) is 0 Å². The van der Waals surface area contributed by atoms with Crippen LogP contribution in [0.15, 0.2) is 0 Å². The molecule has 0 N–H and O–H groups in total. The summed E-state index contributed by atoms with van der Waals surface area (Å²) in [4.78, 5) is 10.4. The SMILES string of the molecule is CC(=O)SCCC(F)(F)C(F)(F)CC(F)(F)C(F)(F)F. The molecule has 0 aliphatic carbocycles. The lowest BCUT2D eigenvalue weighted by Gasteiger charge is -2.30. The number of hydrogen-bond donors (Lipinski definition) is 0. The molecule has 0 saturated carbocycles. The zero-order chi connectivity index (χ0) is 16.4. The molecule has 0 saturated heterocycles. The van der Waals surface area contributed by atoms with Crippen LogP contribution < -0.4 is 0 Å². The smallest absolute Gasteiger partial charge is 0.288 e. The summed E-state index contributed by atoms with van der Waals surface area (Å²) < 4.78 is 112. The van der Waals surface area contributed by atoms with Gasteiger partial charge in [0.1, 0.15) is 0 Å². The molecule has 0 amide bonds. The molecule has 0 radical (unpaired) electrons. The highest BCUT2D eigenvalue weighted by atomic mass is 32.2. The Morgan fingerprint density at radius 1 is 0.850 bits per heavy atom. The van der Waals surface area contributed by atoms with Crippen molar-refractivity contribution in [2.75, 3.05) is 5.75 Å². The number of halogens is 9. The molecule has 0 aliphatic heterocycles. The van der Waals surface area contributed by atoms with Crippen LogP contribution in [0, 0.1) is 0 Å². The van der Waals surface area contributed by atoms with E-state index in [4.69, 9.17) is 0 Å². The van der Waals surface area contributed by atoms with E-state index in [1.54, 1.807) is 0 Å². The minimum absolute atomic E-state index is 0.236. The molecule has 0 spiro atoms. The van der Waals surface area contributed by atoms with Crippen molar-refractivity contribution >= 4 is 16.9 Å². The average molecular weight is 336 g/mol. The van der Waals surface area contributed by atoms with Crippen LogP contribution in [-0.4, -0.2) is 34.8 Å². The van der Waals surface area contributed by atoms with Crippen molar-refractivity contribution in [3.05, 3.63) is 0 Å². The minimum atomic E-state index is -6.35. The quantitative estimate of drug-likeness (QED) is 0.664. The molecule has 0 atom stereocenters. The summed E-state index contributed by atoms with van der Waals surface area (Å²) >= 11 is 0.236. The molecule has 0 heterocycles. The Balaban J connectivity index is 4.88. The number of carbonyl (C=O) groups excluding carboxylic acids is 1. The predicted molar refractivity (Wildman–Crippen MR) is 53.3 cm³/mol. The Morgan fingerprint density at radius 2 is 1.30 bits per heavy atom. The fourth-order valence-corrected chi connectivity index (χ4v) is 1.66. The zero-order valence-corrected chi connectivity index (χ0v) is 10.7. The molecule has 0 rings (SSSR count). The first kappa shape index (κ1) is 19.4. The topological polar surface area (TPSA) is 17.1 Å². The Morgan fingerprint density at radius 3 is 1.65 bits per heavy atom. The molecule has 120 valence electrons. The average Bonchev–Trinajstić information content (AvgIpc) is 2.12. The number of carbonyl (C=O) groups is 1. The van der Waals surface area contributed by atoms with Crippen molar-refractivity contribution in [2.45, 2.75) is 43.7 Å². The fourth-order valence-electron chi connectivity index (χ4n) is 1.01. The lowest BCUT2D eigenvalue weighted by Crippen LogP contribution is -2.49. The highest BCUT2D eigenvalue weighted by Crippen LogP contribution is 2.48. The maximum Gasteiger partial charge on any atom is 0.453 e. The first-order chi connectivity index (χ1) is 8.62. The van der Waals surface area contributed by atoms with Crippen molar-refractivity contribution < 1.29 is 44.3 Å². The van der Waals surface area contributed by atoms with E-state index in [-0.39, 0.29) is 11.8 Å². The number of rotatable bonds is 6. The van der Waals surface area contributed by atoms with E-state index in [1.807, 2.05) is 0 Å². The summed E-state index contributed by atoms with van der Waals surface area (Å²) in [5, 5.41) is -0.676. The summed E-state index contributed by atoms with van der Waals surface area (Å²) in [7, 11) is 0. The van der Waals surface area contributed by atoms with Crippen LogP contribution in [0.4, 0.5) is 39.5 Å². The lowest BCUT2D eigenvalue weighted by atomic mass is 10.0. The van der Waals surface area contributed by atoms with Gasteiger partial charge in [-0.3, -0.25) is 4.79 Å². The van der Waals surface area contributed by atoms with Gasteiger partial charge in [0.15, 0.2) is 5.12 Å². The molecule has 0 unspecified atom stereocenters. The van der Waals surface area contributed by atoms with Crippen molar-refractivity contribution in [3.63, 3.8) is 0 Å². The van der Waals surface area contributed by atoms with Crippen molar-refractivity contribution in [1.82, 2.24) is 0 Å². The van der Waals surface area contributed by atoms with Crippen molar-refractivity contribution in [3.8, 4) is 0 Å². The first-order valence-corrected chi connectivity index (χ1v) is 5.94. The van der Waals surface area contributed by atoms with Crippen LogP contribution in [0.25, 0.3) is 0 Å². The van der Waals surface area contributed by atoms with Crippen LogP contribution in [0.3, 0.4) is 0 Å².